The molecule has 0 saturated carbocycles. The van der Waals surface area contributed by atoms with Crippen LogP contribution in [0.3, 0.4) is 0 Å². The van der Waals surface area contributed by atoms with E-state index in [0.717, 1.165) is 5.56 Å². The number of methoxy groups -OCH3 is 1. The topological polar surface area (TPSA) is 81.9 Å². The largest absolute Gasteiger partial charge is 0.468 e. The summed E-state index contributed by atoms with van der Waals surface area (Å²) in [6, 6.07) is 8.86. The van der Waals surface area contributed by atoms with E-state index in [2.05, 4.69) is 4.74 Å². The van der Waals surface area contributed by atoms with Gasteiger partial charge in [0.2, 0.25) is 0 Å². The van der Waals surface area contributed by atoms with Gasteiger partial charge in [-0.05, 0) is 12.0 Å². The second kappa shape index (κ2) is 6.49. The molecule has 2 N–H and O–H groups in total. The van der Waals surface area contributed by atoms with Gasteiger partial charge in [-0.15, -0.1) is 0 Å². The Balaban J connectivity index is 1.86. The smallest absolute Gasteiger partial charge is 0.324 e. The van der Waals surface area contributed by atoms with Crippen molar-refractivity contribution in [2.24, 2.45) is 11.8 Å². The molecule has 1 fully saturated rings. The van der Waals surface area contributed by atoms with Gasteiger partial charge in [0.05, 0.1) is 13.0 Å². The van der Waals surface area contributed by atoms with Crippen LogP contribution in [0.1, 0.15) is 12.0 Å². The van der Waals surface area contributed by atoms with Crippen LogP contribution in [0.4, 0.5) is 0 Å². The zero-order valence-corrected chi connectivity index (χ0v) is 11.3. The summed E-state index contributed by atoms with van der Waals surface area (Å²) in [4.78, 5) is 23.4. The van der Waals surface area contributed by atoms with Gasteiger partial charge in [0, 0.05) is 6.54 Å². The van der Waals surface area contributed by atoms with Crippen LogP contribution in [0.15, 0.2) is 30.3 Å². The summed E-state index contributed by atoms with van der Waals surface area (Å²) in [6.07, 6.45) is 0.330. The molecule has 108 valence electrons. The number of carbonyl (C=O) groups excluding carboxylic acids is 2. The zero-order chi connectivity index (χ0) is 14.5. The molecule has 1 aromatic carbocycles. The third-order valence-electron chi connectivity index (χ3n) is 3.37. The van der Waals surface area contributed by atoms with E-state index in [1.54, 1.807) is 0 Å². The fourth-order valence-electron chi connectivity index (χ4n) is 2.25. The lowest BCUT2D eigenvalue weighted by Gasteiger charge is -2.15. The quantitative estimate of drug-likeness (QED) is 0.637. The van der Waals surface area contributed by atoms with Crippen LogP contribution in [0.25, 0.3) is 0 Å². The molecule has 0 bridgehead atoms. The molecule has 0 aromatic heterocycles. The van der Waals surface area contributed by atoms with Gasteiger partial charge in [0.1, 0.15) is 12.6 Å². The Morgan fingerprint density at radius 2 is 2.00 bits per heavy atom. The minimum Gasteiger partial charge on any atom is -0.468 e. The number of hydrazine groups is 1. The van der Waals surface area contributed by atoms with E-state index in [4.69, 9.17) is 10.6 Å². The van der Waals surface area contributed by atoms with E-state index < -0.39 is 17.9 Å². The molecule has 6 nitrogen and oxygen atoms in total. The molecule has 2 atom stereocenters. The number of benzene rings is 1. The monoisotopic (exact) mass is 278 g/mol. The molecule has 1 aliphatic rings. The number of hydrogen-bond donors (Lipinski definition) is 1. The Labute approximate surface area is 117 Å². The van der Waals surface area contributed by atoms with Crippen molar-refractivity contribution in [3.8, 4) is 0 Å². The Morgan fingerprint density at radius 1 is 1.30 bits per heavy atom. The maximum absolute atomic E-state index is 12.0. The predicted molar refractivity (Wildman–Crippen MR) is 71.0 cm³/mol. The second-order valence-electron chi connectivity index (χ2n) is 4.76. The van der Waals surface area contributed by atoms with Crippen molar-refractivity contribution in [3.63, 3.8) is 0 Å². The lowest BCUT2D eigenvalue weighted by molar-refractivity contribution is -0.149. The minimum atomic E-state index is -0.575. The van der Waals surface area contributed by atoms with Crippen LogP contribution < -0.4 is 5.84 Å². The molecular formula is C14H18N2O4. The normalized spacial score (nSPS) is 22.5. The van der Waals surface area contributed by atoms with Crippen LogP contribution in [-0.4, -0.2) is 36.6 Å². The van der Waals surface area contributed by atoms with Crippen LogP contribution in [-0.2, 0) is 25.7 Å². The number of rotatable bonds is 4. The van der Waals surface area contributed by atoms with Crippen molar-refractivity contribution in [2.45, 2.75) is 19.1 Å². The molecule has 0 spiro atoms. The van der Waals surface area contributed by atoms with Gasteiger partial charge >= 0.3 is 11.9 Å². The lowest BCUT2D eigenvalue weighted by atomic mass is 10.1. The third-order valence-corrected chi connectivity index (χ3v) is 3.37. The molecule has 6 heteroatoms. The van der Waals surface area contributed by atoms with Crippen LogP contribution >= 0.6 is 0 Å². The number of nitrogens with zero attached hydrogens (tertiary/aromatic N) is 1. The minimum absolute atomic E-state index is 0.226. The van der Waals surface area contributed by atoms with Gasteiger partial charge in [-0.1, -0.05) is 30.3 Å². The fourth-order valence-corrected chi connectivity index (χ4v) is 2.25. The summed E-state index contributed by atoms with van der Waals surface area (Å²) in [5.41, 5.74) is 0.924. The van der Waals surface area contributed by atoms with E-state index in [-0.39, 0.29) is 12.6 Å². The van der Waals surface area contributed by atoms with Gasteiger partial charge in [-0.3, -0.25) is 15.4 Å². The van der Waals surface area contributed by atoms with E-state index in [0.29, 0.717) is 13.0 Å². The fraction of sp³-hybridized carbons (Fsp3) is 0.429. The number of carbonyl (C=O) groups is 2. The average Bonchev–Trinajstić information content (AvgIpc) is 2.87. The standard InChI is InChI=1S/C14H18N2O4/c1-19-14(18)12-7-11(8-16(12)15)13(17)20-9-10-5-3-2-4-6-10/h2-6,11-12H,7-9,15H2,1H3/t11-,12-/m0/s1. The molecular weight excluding hydrogens is 260 g/mol. The third kappa shape index (κ3) is 3.34. The Bertz CT molecular complexity index is 477. The summed E-state index contributed by atoms with van der Waals surface area (Å²) in [5, 5.41) is 1.33. The van der Waals surface area contributed by atoms with Gasteiger partial charge in [-0.25, -0.2) is 5.01 Å². The van der Waals surface area contributed by atoms with Crippen molar-refractivity contribution in [2.75, 3.05) is 13.7 Å². The van der Waals surface area contributed by atoms with Crippen molar-refractivity contribution in [3.05, 3.63) is 35.9 Å². The zero-order valence-electron chi connectivity index (χ0n) is 11.3. The average molecular weight is 278 g/mol. The van der Waals surface area contributed by atoms with Crippen molar-refractivity contribution >= 4 is 11.9 Å². The molecule has 1 aliphatic heterocycles. The maximum atomic E-state index is 12.0. The molecule has 0 radical (unpaired) electrons. The maximum Gasteiger partial charge on any atom is 0.324 e. The van der Waals surface area contributed by atoms with Gasteiger partial charge in [0.25, 0.3) is 0 Å². The first-order valence-corrected chi connectivity index (χ1v) is 6.41. The number of hydrogen-bond acceptors (Lipinski definition) is 6. The first-order chi connectivity index (χ1) is 9.61. The summed E-state index contributed by atoms with van der Waals surface area (Å²) < 4.78 is 9.90. The molecule has 1 aromatic rings. The number of esters is 2. The summed E-state index contributed by atoms with van der Waals surface area (Å²) >= 11 is 0. The molecule has 20 heavy (non-hydrogen) atoms. The summed E-state index contributed by atoms with van der Waals surface area (Å²) in [7, 11) is 1.30. The first kappa shape index (κ1) is 14.5. The van der Waals surface area contributed by atoms with Crippen molar-refractivity contribution in [1.29, 1.82) is 0 Å². The summed E-state index contributed by atoms with van der Waals surface area (Å²) in [6.45, 7) is 0.525. The molecule has 2 rings (SSSR count). The molecule has 0 aliphatic carbocycles. The highest BCUT2D eigenvalue weighted by atomic mass is 16.5. The number of ether oxygens (including phenoxy) is 2. The molecule has 0 amide bonds. The summed E-state index contributed by atoms with van der Waals surface area (Å²) in [5.74, 6) is 4.56. The Hall–Kier alpha value is -1.92. The highest BCUT2D eigenvalue weighted by Crippen LogP contribution is 2.22. The highest BCUT2D eigenvalue weighted by molar-refractivity contribution is 5.79. The van der Waals surface area contributed by atoms with E-state index in [1.807, 2.05) is 30.3 Å². The van der Waals surface area contributed by atoms with Crippen molar-refractivity contribution < 1.29 is 19.1 Å². The van der Waals surface area contributed by atoms with E-state index in [9.17, 15) is 9.59 Å². The highest BCUT2D eigenvalue weighted by Gasteiger charge is 2.40. The number of nitrogens with two attached hydrogens (primary N) is 1. The lowest BCUT2D eigenvalue weighted by Crippen LogP contribution is -2.41. The van der Waals surface area contributed by atoms with E-state index in [1.165, 1.54) is 12.1 Å². The Kier molecular flexibility index (Phi) is 4.70. The predicted octanol–water partition coefficient (Wildman–Crippen LogP) is 0.467. The molecule has 1 heterocycles. The van der Waals surface area contributed by atoms with Crippen LogP contribution in [0, 0.1) is 5.92 Å². The van der Waals surface area contributed by atoms with Crippen LogP contribution in [0.2, 0.25) is 0 Å². The molecule has 0 unspecified atom stereocenters. The second-order valence-corrected chi connectivity index (χ2v) is 4.76. The van der Waals surface area contributed by atoms with E-state index >= 15 is 0 Å². The van der Waals surface area contributed by atoms with Gasteiger partial charge in [-0.2, -0.15) is 0 Å². The molecule has 1 saturated heterocycles. The van der Waals surface area contributed by atoms with Gasteiger partial charge < -0.3 is 9.47 Å². The van der Waals surface area contributed by atoms with Gasteiger partial charge in [0.15, 0.2) is 0 Å². The van der Waals surface area contributed by atoms with Crippen LogP contribution in [0.5, 0.6) is 0 Å². The Morgan fingerprint density at radius 3 is 2.65 bits per heavy atom. The SMILES string of the molecule is COC(=O)[C@@H]1C[C@H](C(=O)OCc2ccccc2)CN1N. The first-order valence-electron chi connectivity index (χ1n) is 6.41. The van der Waals surface area contributed by atoms with Crippen molar-refractivity contribution in [1.82, 2.24) is 5.01 Å².